The van der Waals surface area contributed by atoms with E-state index in [1.54, 1.807) is 6.07 Å². The summed E-state index contributed by atoms with van der Waals surface area (Å²) in [5.41, 5.74) is 0.0325. The van der Waals surface area contributed by atoms with E-state index < -0.39 is 15.9 Å². The van der Waals surface area contributed by atoms with Gasteiger partial charge in [-0.2, -0.15) is 0 Å². The number of sulfonamides is 1. The van der Waals surface area contributed by atoms with Gasteiger partial charge in [0.1, 0.15) is 4.21 Å². The zero-order valence-electron chi connectivity index (χ0n) is 10.5. The molecule has 0 atom stereocenters. The van der Waals surface area contributed by atoms with Crippen LogP contribution in [0, 0.1) is 0 Å². The number of rotatable bonds is 4. The maximum Gasteiger partial charge on any atom is 0.273 e. The fraction of sp³-hybridized carbons (Fsp3) is 0. The molecule has 0 saturated heterocycles. The lowest BCUT2D eigenvalue weighted by atomic mass is 10.2. The van der Waals surface area contributed by atoms with Gasteiger partial charge in [0.25, 0.3) is 15.9 Å². The SMILES string of the molecule is C=Cc1ccc(S(=O)(=O)NC(=O)c2ccc(Cl)cc2Cl)s1. The zero-order chi connectivity index (χ0) is 15.6. The van der Waals surface area contributed by atoms with Gasteiger partial charge in [0.05, 0.1) is 10.6 Å². The number of thiophene rings is 1. The molecule has 0 unspecified atom stereocenters. The average molecular weight is 362 g/mol. The molecule has 0 radical (unpaired) electrons. The molecular formula is C13H9Cl2NO3S2. The molecule has 0 aliphatic heterocycles. The van der Waals surface area contributed by atoms with Crippen LogP contribution in [-0.2, 0) is 10.0 Å². The van der Waals surface area contributed by atoms with E-state index in [0.29, 0.717) is 9.90 Å². The Balaban J connectivity index is 2.27. The van der Waals surface area contributed by atoms with E-state index in [1.165, 1.54) is 30.3 Å². The smallest absolute Gasteiger partial charge is 0.268 e. The number of halogens is 2. The molecule has 0 spiro atoms. The van der Waals surface area contributed by atoms with Crippen molar-refractivity contribution in [3.63, 3.8) is 0 Å². The molecule has 110 valence electrons. The van der Waals surface area contributed by atoms with Gasteiger partial charge in [-0.25, -0.2) is 13.1 Å². The topological polar surface area (TPSA) is 63.2 Å². The first kappa shape index (κ1) is 16.0. The van der Waals surface area contributed by atoms with Crippen molar-refractivity contribution in [3.05, 3.63) is 57.4 Å². The minimum atomic E-state index is -3.94. The molecule has 0 aliphatic rings. The van der Waals surface area contributed by atoms with Crippen molar-refractivity contribution in [3.8, 4) is 0 Å². The van der Waals surface area contributed by atoms with Gasteiger partial charge in [0, 0.05) is 9.90 Å². The molecule has 1 N–H and O–H groups in total. The van der Waals surface area contributed by atoms with E-state index in [0.717, 1.165) is 11.3 Å². The van der Waals surface area contributed by atoms with Gasteiger partial charge in [0.15, 0.2) is 0 Å². The van der Waals surface area contributed by atoms with Gasteiger partial charge in [0.2, 0.25) is 0 Å². The van der Waals surface area contributed by atoms with Gasteiger partial charge in [-0.05, 0) is 30.3 Å². The Morgan fingerprint density at radius 3 is 2.52 bits per heavy atom. The molecule has 1 amide bonds. The van der Waals surface area contributed by atoms with Gasteiger partial charge in [-0.3, -0.25) is 4.79 Å². The van der Waals surface area contributed by atoms with E-state index in [1.807, 2.05) is 4.72 Å². The molecule has 4 nitrogen and oxygen atoms in total. The summed E-state index contributed by atoms with van der Waals surface area (Å²) in [5, 5.41) is 0.432. The predicted molar refractivity (Wildman–Crippen MR) is 85.5 cm³/mol. The summed E-state index contributed by atoms with van der Waals surface area (Å²) in [6.07, 6.45) is 1.53. The Bertz CT molecular complexity index is 813. The zero-order valence-corrected chi connectivity index (χ0v) is 13.6. The van der Waals surface area contributed by atoms with Crippen LogP contribution < -0.4 is 4.72 Å². The first-order chi connectivity index (χ1) is 9.83. The van der Waals surface area contributed by atoms with E-state index >= 15 is 0 Å². The lowest BCUT2D eigenvalue weighted by Crippen LogP contribution is -2.30. The third-order valence-electron chi connectivity index (χ3n) is 2.47. The summed E-state index contributed by atoms with van der Waals surface area (Å²) in [5.74, 6) is -0.815. The molecule has 0 bridgehead atoms. The summed E-state index contributed by atoms with van der Waals surface area (Å²) in [6.45, 7) is 3.55. The lowest BCUT2D eigenvalue weighted by Gasteiger charge is -2.06. The average Bonchev–Trinajstić information content (AvgIpc) is 2.87. The maximum atomic E-state index is 12.1. The molecule has 0 aliphatic carbocycles. The minimum absolute atomic E-state index is 0.0239. The first-order valence-corrected chi connectivity index (χ1v) is 8.63. The fourth-order valence-electron chi connectivity index (χ4n) is 1.49. The Kier molecular flexibility index (Phi) is 4.73. The van der Waals surface area contributed by atoms with Crippen LogP contribution in [0.5, 0.6) is 0 Å². The molecule has 1 heterocycles. The lowest BCUT2D eigenvalue weighted by molar-refractivity contribution is 0.0981. The molecule has 2 rings (SSSR count). The maximum absolute atomic E-state index is 12.1. The van der Waals surface area contributed by atoms with Crippen LogP contribution in [0.1, 0.15) is 15.2 Å². The Labute approximate surface area is 136 Å². The Morgan fingerprint density at radius 2 is 1.95 bits per heavy atom. The van der Waals surface area contributed by atoms with E-state index in [-0.39, 0.29) is 14.8 Å². The molecule has 8 heteroatoms. The van der Waals surface area contributed by atoms with E-state index in [4.69, 9.17) is 23.2 Å². The number of carbonyl (C=O) groups excluding carboxylic acids is 1. The van der Waals surface area contributed by atoms with E-state index in [9.17, 15) is 13.2 Å². The highest BCUT2D eigenvalue weighted by molar-refractivity contribution is 7.92. The highest BCUT2D eigenvalue weighted by atomic mass is 35.5. The highest BCUT2D eigenvalue weighted by Crippen LogP contribution is 2.24. The second-order valence-electron chi connectivity index (χ2n) is 3.92. The van der Waals surface area contributed by atoms with Gasteiger partial charge in [-0.1, -0.05) is 35.9 Å². The number of hydrogen-bond acceptors (Lipinski definition) is 4. The molecule has 21 heavy (non-hydrogen) atoms. The van der Waals surface area contributed by atoms with Crippen LogP contribution >= 0.6 is 34.5 Å². The number of hydrogen-bond donors (Lipinski definition) is 1. The number of benzene rings is 1. The normalized spacial score (nSPS) is 11.1. The van der Waals surface area contributed by atoms with Crippen molar-refractivity contribution in [1.29, 1.82) is 0 Å². The van der Waals surface area contributed by atoms with Gasteiger partial charge >= 0.3 is 0 Å². The van der Waals surface area contributed by atoms with Crippen LogP contribution in [0.3, 0.4) is 0 Å². The summed E-state index contributed by atoms with van der Waals surface area (Å²) in [7, 11) is -3.94. The van der Waals surface area contributed by atoms with Crippen LogP contribution in [-0.4, -0.2) is 14.3 Å². The van der Waals surface area contributed by atoms with Crippen molar-refractivity contribution in [2.24, 2.45) is 0 Å². The number of amides is 1. The molecule has 1 aromatic carbocycles. The van der Waals surface area contributed by atoms with Gasteiger partial charge < -0.3 is 0 Å². The van der Waals surface area contributed by atoms with Crippen molar-refractivity contribution >= 4 is 56.5 Å². The van der Waals surface area contributed by atoms with Crippen LogP contribution in [0.15, 0.2) is 41.1 Å². The summed E-state index contributed by atoms with van der Waals surface area (Å²) < 4.78 is 26.2. The Hall–Kier alpha value is -1.34. The highest BCUT2D eigenvalue weighted by Gasteiger charge is 2.21. The van der Waals surface area contributed by atoms with Gasteiger partial charge in [-0.15, -0.1) is 11.3 Å². The summed E-state index contributed by atoms with van der Waals surface area (Å²) >= 11 is 12.6. The van der Waals surface area contributed by atoms with Crippen molar-refractivity contribution < 1.29 is 13.2 Å². The van der Waals surface area contributed by atoms with E-state index in [2.05, 4.69) is 6.58 Å². The molecule has 1 aromatic heterocycles. The molecular weight excluding hydrogens is 353 g/mol. The number of nitrogens with one attached hydrogen (secondary N) is 1. The van der Waals surface area contributed by atoms with Crippen LogP contribution in [0.2, 0.25) is 10.0 Å². The molecule has 0 fully saturated rings. The fourth-order valence-corrected chi connectivity index (χ4v) is 4.13. The number of carbonyl (C=O) groups is 1. The second-order valence-corrected chi connectivity index (χ2v) is 7.79. The third kappa shape index (κ3) is 3.65. The predicted octanol–water partition coefficient (Wildman–Crippen LogP) is 3.82. The van der Waals surface area contributed by atoms with Crippen molar-refractivity contribution in [1.82, 2.24) is 4.72 Å². The molecule has 0 saturated carbocycles. The van der Waals surface area contributed by atoms with Crippen molar-refractivity contribution in [2.75, 3.05) is 0 Å². The first-order valence-electron chi connectivity index (χ1n) is 5.58. The van der Waals surface area contributed by atoms with Crippen LogP contribution in [0.25, 0.3) is 6.08 Å². The van der Waals surface area contributed by atoms with Crippen molar-refractivity contribution in [2.45, 2.75) is 4.21 Å². The largest absolute Gasteiger partial charge is 0.273 e. The third-order valence-corrected chi connectivity index (χ3v) is 5.92. The summed E-state index contributed by atoms with van der Waals surface area (Å²) in [4.78, 5) is 12.7. The second kappa shape index (κ2) is 6.19. The standard InChI is InChI=1S/C13H9Cl2NO3S2/c1-2-9-4-6-12(20-9)21(18,19)16-13(17)10-5-3-8(14)7-11(10)15/h2-7H,1H2,(H,16,17). The summed E-state index contributed by atoms with van der Waals surface area (Å²) in [6, 6.07) is 7.19. The van der Waals surface area contributed by atoms with Crippen LogP contribution in [0.4, 0.5) is 0 Å². The monoisotopic (exact) mass is 361 g/mol. The quantitative estimate of drug-likeness (QED) is 0.900. The minimum Gasteiger partial charge on any atom is -0.268 e. The molecule has 2 aromatic rings. The Morgan fingerprint density at radius 1 is 1.24 bits per heavy atom.